The van der Waals surface area contributed by atoms with Crippen molar-refractivity contribution in [2.24, 2.45) is 0 Å². The highest BCUT2D eigenvalue weighted by atomic mass is 79.9. The third-order valence-electron chi connectivity index (χ3n) is 2.48. The van der Waals surface area contributed by atoms with Gasteiger partial charge in [-0.1, -0.05) is 6.07 Å². The van der Waals surface area contributed by atoms with Gasteiger partial charge in [-0.05, 0) is 47.5 Å². The van der Waals surface area contributed by atoms with Crippen molar-refractivity contribution in [3.63, 3.8) is 0 Å². The molecule has 1 heterocycles. The van der Waals surface area contributed by atoms with Crippen molar-refractivity contribution in [3.8, 4) is 11.4 Å². The average molecular weight is 297 g/mol. The number of halogens is 2. The summed E-state index contributed by atoms with van der Waals surface area (Å²) < 4.78 is 13.6. The maximum atomic E-state index is 13.2. The first-order chi connectivity index (χ1) is 7.99. The number of nitrogens with one attached hydrogen (secondary N) is 1. The zero-order valence-electron chi connectivity index (χ0n) is 9.34. The summed E-state index contributed by atoms with van der Waals surface area (Å²) in [5, 5.41) is 0. The van der Waals surface area contributed by atoms with Crippen LogP contribution in [0.4, 0.5) is 4.39 Å². The zero-order valence-corrected chi connectivity index (χ0v) is 10.9. The van der Waals surface area contributed by atoms with Crippen molar-refractivity contribution >= 4 is 15.9 Å². The third-order valence-corrected chi connectivity index (χ3v) is 3.42. The van der Waals surface area contributed by atoms with Gasteiger partial charge in [0.05, 0.1) is 5.69 Å². The number of hydrogen-bond acceptors (Lipinski definition) is 2. The van der Waals surface area contributed by atoms with Gasteiger partial charge in [-0.25, -0.2) is 9.37 Å². The molecule has 2 rings (SSSR count). The summed E-state index contributed by atoms with van der Waals surface area (Å²) in [6.45, 7) is 3.56. The Hall–Kier alpha value is -1.49. The Morgan fingerprint density at radius 2 is 2.06 bits per heavy atom. The van der Waals surface area contributed by atoms with E-state index in [9.17, 15) is 9.18 Å². The minimum absolute atomic E-state index is 0.267. The molecule has 0 radical (unpaired) electrons. The van der Waals surface area contributed by atoms with Gasteiger partial charge in [-0.2, -0.15) is 0 Å². The SMILES string of the molecule is Cc1ccc(F)cc1-c1nc(C)c(Br)c(=O)[nH]1. The maximum absolute atomic E-state index is 13.2. The summed E-state index contributed by atoms with van der Waals surface area (Å²) in [6, 6.07) is 4.39. The second kappa shape index (κ2) is 4.41. The van der Waals surface area contributed by atoms with E-state index in [2.05, 4.69) is 25.9 Å². The summed E-state index contributed by atoms with van der Waals surface area (Å²) in [5.41, 5.74) is 1.76. The Balaban J connectivity index is 2.69. The highest BCUT2D eigenvalue weighted by Crippen LogP contribution is 2.21. The standard InChI is InChI=1S/C12H10BrFN2O/c1-6-3-4-8(14)5-9(6)11-15-7(2)10(13)12(17)16-11/h3-5H,1-2H3,(H,15,16,17). The number of hydrogen-bond donors (Lipinski definition) is 1. The van der Waals surface area contributed by atoms with Crippen molar-refractivity contribution in [2.45, 2.75) is 13.8 Å². The first kappa shape index (κ1) is 12.0. The molecule has 0 aliphatic rings. The molecule has 1 aromatic carbocycles. The summed E-state index contributed by atoms with van der Waals surface area (Å²) in [5.74, 6) is 0.0292. The van der Waals surface area contributed by atoms with Crippen LogP contribution in [0.25, 0.3) is 11.4 Å². The predicted molar refractivity (Wildman–Crippen MR) is 67.4 cm³/mol. The van der Waals surface area contributed by atoms with Crippen LogP contribution in [0.5, 0.6) is 0 Å². The fourth-order valence-corrected chi connectivity index (χ4v) is 1.74. The van der Waals surface area contributed by atoms with Gasteiger partial charge in [0.1, 0.15) is 16.1 Å². The number of nitrogens with zero attached hydrogens (tertiary/aromatic N) is 1. The average Bonchev–Trinajstić information content (AvgIpc) is 2.28. The molecular formula is C12H10BrFN2O. The lowest BCUT2D eigenvalue weighted by molar-refractivity contribution is 0.627. The molecule has 0 unspecified atom stereocenters. The Kier molecular flexibility index (Phi) is 3.11. The molecule has 2 aromatic rings. The quantitative estimate of drug-likeness (QED) is 0.879. The summed E-state index contributed by atoms with van der Waals surface area (Å²) in [4.78, 5) is 18.5. The lowest BCUT2D eigenvalue weighted by atomic mass is 10.1. The lowest BCUT2D eigenvalue weighted by Crippen LogP contribution is -2.12. The van der Waals surface area contributed by atoms with Crippen molar-refractivity contribution < 1.29 is 4.39 Å². The largest absolute Gasteiger partial charge is 0.306 e. The number of H-pyrrole nitrogens is 1. The van der Waals surface area contributed by atoms with Crippen molar-refractivity contribution in [1.29, 1.82) is 0 Å². The first-order valence-corrected chi connectivity index (χ1v) is 5.81. The van der Waals surface area contributed by atoms with E-state index in [0.717, 1.165) is 5.56 Å². The summed E-state index contributed by atoms with van der Waals surface area (Å²) in [7, 11) is 0. The molecule has 0 saturated heterocycles. The van der Waals surface area contributed by atoms with Gasteiger partial charge in [-0.3, -0.25) is 4.79 Å². The van der Waals surface area contributed by atoms with Crippen LogP contribution in [0.3, 0.4) is 0 Å². The van der Waals surface area contributed by atoms with E-state index in [1.54, 1.807) is 13.0 Å². The van der Waals surface area contributed by atoms with Gasteiger partial charge in [0.2, 0.25) is 0 Å². The van der Waals surface area contributed by atoms with Gasteiger partial charge in [0.25, 0.3) is 5.56 Å². The monoisotopic (exact) mass is 296 g/mol. The maximum Gasteiger partial charge on any atom is 0.265 e. The Morgan fingerprint density at radius 3 is 2.71 bits per heavy atom. The van der Waals surface area contributed by atoms with Crippen LogP contribution in [0.1, 0.15) is 11.3 Å². The third kappa shape index (κ3) is 2.29. The number of rotatable bonds is 1. The van der Waals surface area contributed by atoms with E-state index in [1.807, 2.05) is 6.92 Å². The number of aromatic nitrogens is 2. The molecule has 0 bridgehead atoms. The second-order valence-corrected chi connectivity index (χ2v) is 4.57. The molecule has 0 spiro atoms. The number of aromatic amines is 1. The van der Waals surface area contributed by atoms with E-state index >= 15 is 0 Å². The van der Waals surface area contributed by atoms with Crippen LogP contribution in [-0.4, -0.2) is 9.97 Å². The van der Waals surface area contributed by atoms with Crippen LogP contribution >= 0.6 is 15.9 Å². The second-order valence-electron chi connectivity index (χ2n) is 3.77. The van der Waals surface area contributed by atoms with Crippen molar-refractivity contribution in [1.82, 2.24) is 9.97 Å². The number of aryl methyl sites for hydroxylation is 2. The molecule has 0 aliphatic heterocycles. The molecule has 88 valence electrons. The minimum atomic E-state index is -0.353. The molecule has 3 nitrogen and oxygen atoms in total. The van der Waals surface area contributed by atoms with Crippen molar-refractivity contribution in [3.05, 3.63) is 50.1 Å². The van der Waals surface area contributed by atoms with Crippen molar-refractivity contribution in [2.75, 3.05) is 0 Å². The molecule has 1 aromatic heterocycles. The van der Waals surface area contributed by atoms with Crippen LogP contribution in [0.2, 0.25) is 0 Å². The molecular weight excluding hydrogens is 287 g/mol. The van der Waals surface area contributed by atoms with E-state index in [1.165, 1.54) is 12.1 Å². The first-order valence-electron chi connectivity index (χ1n) is 5.02. The Bertz CT molecular complexity index is 637. The summed E-state index contributed by atoms with van der Waals surface area (Å²) >= 11 is 3.14. The molecule has 0 atom stereocenters. The highest BCUT2D eigenvalue weighted by molar-refractivity contribution is 9.10. The van der Waals surface area contributed by atoms with Gasteiger partial charge < -0.3 is 4.98 Å². The fourth-order valence-electron chi connectivity index (χ4n) is 1.55. The molecule has 1 N–H and O–H groups in total. The Labute approximate surface area is 106 Å². The normalized spacial score (nSPS) is 10.6. The lowest BCUT2D eigenvalue weighted by Gasteiger charge is -2.06. The summed E-state index contributed by atoms with van der Waals surface area (Å²) in [6.07, 6.45) is 0. The Morgan fingerprint density at radius 1 is 1.35 bits per heavy atom. The topological polar surface area (TPSA) is 45.8 Å². The molecule has 0 fully saturated rings. The van der Waals surface area contributed by atoms with Crippen LogP contribution in [-0.2, 0) is 0 Å². The predicted octanol–water partition coefficient (Wildman–Crippen LogP) is 2.96. The molecule has 17 heavy (non-hydrogen) atoms. The van der Waals surface area contributed by atoms with E-state index < -0.39 is 0 Å². The zero-order chi connectivity index (χ0) is 12.6. The molecule has 0 aliphatic carbocycles. The van der Waals surface area contributed by atoms with E-state index in [-0.39, 0.29) is 11.4 Å². The van der Waals surface area contributed by atoms with Crippen LogP contribution in [0, 0.1) is 19.7 Å². The fraction of sp³-hybridized carbons (Fsp3) is 0.167. The molecule has 0 saturated carbocycles. The van der Waals surface area contributed by atoms with Crippen LogP contribution in [0.15, 0.2) is 27.5 Å². The molecule has 5 heteroatoms. The smallest absolute Gasteiger partial charge is 0.265 e. The van der Waals surface area contributed by atoms with E-state index in [4.69, 9.17) is 0 Å². The van der Waals surface area contributed by atoms with Gasteiger partial charge in [0, 0.05) is 5.56 Å². The highest BCUT2D eigenvalue weighted by Gasteiger charge is 2.09. The van der Waals surface area contributed by atoms with E-state index in [0.29, 0.717) is 21.6 Å². The molecule has 0 amide bonds. The minimum Gasteiger partial charge on any atom is -0.306 e. The van der Waals surface area contributed by atoms with Crippen LogP contribution < -0.4 is 5.56 Å². The van der Waals surface area contributed by atoms with Gasteiger partial charge in [0.15, 0.2) is 0 Å². The number of benzene rings is 1. The van der Waals surface area contributed by atoms with Gasteiger partial charge >= 0.3 is 0 Å². The van der Waals surface area contributed by atoms with Gasteiger partial charge in [-0.15, -0.1) is 0 Å².